The minimum absolute atomic E-state index is 0.900. The van der Waals surface area contributed by atoms with Crippen LogP contribution in [0.2, 0.25) is 0 Å². The second-order valence-corrected chi connectivity index (χ2v) is 14.0. The van der Waals surface area contributed by atoms with E-state index in [1.165, 1.54) is 4.70 Å². The lowest BCUT2D eigenvalue weighted by atomic mass is 9.96. The van der Waals surface area contributed by atoms with E-state index in [-0.39, 0.29) is 0 Å². The number of hydrogen-bond donors (Lipinski definition) is 0. The molecule has 238 valence electrons. The predicted octanol–water partition coefficient (Wildman–Crippen LogP) is 13.3. The van der Waals surface area contributed by atoms with Gasteiger partial charge in [-0.2, -0.15) is 0 Å². The highest BCUT2D eigenvalue weighted by Gasteiger charge is 2.17. The smallest absolute Gasteiger partial charge is 0.143 e. The molecule has 0 bridgehead atoms. The Balaban J connectivity index is 1.00. The van der Waals surface area contributed by atoms with Crippen molar-refractivity contribution in [3.05, 3.63) is 158 Å². The Morgan fingerprint density at radius 2 is 0.961 bits per heavy atom. The van der Waals surface area contributed by atoms with Crippen molar-refractivity contribution < 1.29 is 8.83 Å². The van der Waals surface area contributed by atoms with Crippen LogP contribution in [0.1, 0.15) is 0 Å². The molecule has 4 nitrogen and oxygen atoms in total. The van der Waals surface area contributed by atoms with Crippen LogP contribution in [0.4, 0.5) is 0 Å². The third-order valence-electron chi connectivity index (χ3n) is 10.0. The zero-order valence-electron chi connectivity index (χ0n) is 27.1. The van der Waals surface area contributed by atoms with E-state index in [4.69, 9.17) is 18.8 Å². The second-order valence-electron chi connectivity index (χ2n) is 12.9. The predicted molar refractivity (Wildman–Crippen MR) is 211 cm³/mol. The molecule has 0 aliphatic rings. The Morgan fingerprint density at radius 1 is 0.412 bits per heavy atom. The van der Waals surface area contributed by atoms with E-state index in [2.05, 4.69) is 127 Å². The SMILES string of the molecule is c1cc(-c2cccc(-c3ncnc4c3sc3ccc(-c5cccc6c5oc5ccccc56)cc34)c2)cc(-c2cccc3c2oc2ccccc23)c1. The number of thiophene rings is 1. The highest BCUT2D eigenvalue weighted by molar-refractivity contribution is 7.26. The minimum Gasteiger partial charge on any atom is -0.455 e. The zero-order valence-corrected chi connectivity index (χ0v) is 27.9. The van der Waals surface area contributed by atoms with Crippen LogP contribution in [-0.4, -0.2) is 9.97 Å². The number of nitrogens with zero attached hydrogens (tertiary/aromatic N) is 2. The fourth-order valence-electron chi connectivity index (χ4n) is 7.61. The van der Waals surface area contributed by atoms with E-state index in [0.717, 1.165) is 104 Å². The highest BCUT2D eigenvalue weighted by Crippen LogP contribution is 2.42. The third-order valence-corrected chi connectivity index (χ3v) is 11.2. The molecule has 0 amide bonds. The molecular formula is C46H26N2O2S. The maximum absolute atomic E-state index is 6.38. The van der Waals surface area contributed by atoms with Crippen molar-refractivity contribution in [3.63, 3.8) is 0 Å². The van der Waals surface area contributed by atoms with Gasteiger partial charge in [-0.25, -0.2) is 9.97 Å². The molecule has 0 saturated heterocycles. The number of aromatic nitrogens is 2. The lowest BCUT2D eigenvalue weighted by molar-refractivity contribution is 0.669. The summed E-state index contributed by atoms with van der Waals surface area (Å²) in [6, 6.07) is 53.2. The Morgan fingerprint density at radius 3 is 1.65 bits per heavy atom. The molecule has 51 heavy (non-hydrogen) atoms. The van der Waals surface area contributed by atoms with Gasteiger partial charge in [0.25, 0.3) is 0 Å². The van der Waals surface area contributed by atoms with E-state index < -0.39 is 0 Å². The van der Waals surface area contributed by atoms with Gasteiger partial charge in [-0.3, -0.25) is 0 Å². The van der Waals surface area contributed by atoms with Gasteiger partial charge >= 0.3 is 0 Å². The molecule has 0 aliphatic heterocycles. The topological polar surface area (TPSA) is 52.1 Å². The van der Waals surface area contributed by atoms with Gasteiger partial charge in [-0.05, 0) is 58.7 Å². The summed E-state index contributed by atoms with van der Waals surface area (Å²) >= 11 is 1.74. The lowest BCUT2D eigenvalue weighted by Gasteiger charge is -2.09. The van der Waals surface area contributed by atoms with E-state index in [0.29, 0.717) is 0 Å². The largest absolute Gasteiger partial charge is 0.455 e. The number of rotatable bonds is 4. The van der Waals surface area contributed by atoms with Crippen LogP contribution in [0, 0.1) is 0 Å². The summed E-state index contributed by atoms with van der Waals surface area (Å²) in [7, 11) is 0. The van der Waals surface area contributed by atoms with Crippen LogP contribution >= 0.6 is 11.3 Å². The van der Waals surface area contributed by atoms with Crippen LogP contribution in [0.25, 0.3) is 109 Å². The van der Waals surface area contributed by atoms with Crippen molar-refractivity contribution in [2.75, 3.05) is 0 Å². The summed E-state index contributed by atoms with van der Waals surface area (Å²) in [4.78, 5) is 9.67. The van der Waals surface area contributed by atoms with Gasteiger partial charge in [0, 0.05) is 48.3 Å². The van der Waals surface area contributed by atoms with Crippen molar-refractivity contribution in [2.24, 2.45) is 0 Å². The monoisotopic (exact) mass is 670 g/mol. The number of hydrogen-bond acceptors (Lipinski definition) is 5. The van der Waals surface area contributed by atoms with E-state index in [1.54, 1.807) is 17.7 Å². The Hall–Kier alpha value is -6.56. The van der Waals surface area contributed by atoms with Gasteiger partial charge in [0.1, 0.15) is 28.7 Å². The standard InChI is InChI=1S/C46H26N2O2S/c1-3-19-39-34(13-1)36-17-7-15-32(44(36)49-39)29-11-5-9-27(23-29)28-10-6-12-31(24-28)42-46-43(48-26-47-42)38-25-30(21-22-41(38)51-46)33-16-8-18-37-35-14-2-4-20-40(35)50-45(33)37/h1-26H. The van der Waals surface area contributed by atoms with Crippen LogP contribution in [0.15, 0.2) is 167 Å². The molecule has 11 aromatic rings. The van der Waals surface area contributed by atoms with E-state index >= 15 is 0 Å². The second kappa shape index (κ2) is 11.0. The normalized spacial score (nSPS) is 11.9. The first kappa shape index (κ1) is 28.3. The molecule has 5 heteroatoms. The minimum atomic E-state index is 0.900. The maximum atomic E-state index is 6.38. The number of furan rings is 2. The Kier molecular flexibility index (Phi) is 6.09. The van der Waals surface area contributed by atoms with Crippen LogP contribution in [0.5, 0.6) is 0 Å². The molecule has 0 saturated carbocycles. The van der Waals surface area contributed by atoms with Crippen LogP contribution in [0.3, 0.4) is 0 Å². The number of benzene rings is 7. The van der Waals surface area contributed by atoms with Gasteiger partial charge in [0.05, 0.1) is 15.9 Å². The molecule has 4 aromatic heterocycles. The summed E-state index contributed by atoms with van der Waals surface area (Å²) < 4.78 is 15.0. The molecule has 11 rings (SSSR count). The molecule has 7 aromatic carbocycles. The highest BCUT2D eigenvalue weighted by atomic mass is 32.1. The van der Waals surface area contributed by atoms with Crippen molar-refractivity contribution in [1.82, 2.24) is 9.97 Å². The lowest BCUT2D eigenvalue weighted by Crippen LogP contribution is -1.88. The summed E-state index contributed by atoms with van der Waals surface area (Å²) in [5, 5.41) is 5.64. The first-order valence-electron chi connectivity index (χ1n) is 17.0. The molecule has 0 aliphatic carbocycles. The van der Waals surface area contributed by atoms with Gasteiger partial charge in [-0.15, -0.1) is 11.3 Å². The first-order valence-corrected chi connectivity index (χ1v) is 17.8. The van der Waals surface area contributed by atoms with Gasteiger partial charge in [0.2, 0.25) is 0 Å². The van der Waals surface area contributed by atoms with Crippen molar-refractivity contribution in [1.29, 1.82) is 0 Å². The van der Waals surface area contributed by atoms with Crippen molar-refractivity contribution in [2.45, 2.75) is 0 Å². The molecule has 4 heterocycles. The molecule has 0 unspecified atom stereocenters. The van der Waals surface area contributed by atoms with Gasteiger partial charge in [-0.1, -0.05) is 115 Å². The molecule has 0 N–H and O–H groups in total. The molecular weight excluding hydrogens is 645 g/mol. The molecule has 0 atom stereocenters. The molecule has 0 radical (unpaired) electrons. The van der Waals surface area contributed by atoms with Crippen molar-refractivity contribution >= 4 is 75.5 Å². The number of para-hydroxylation sites is 4. The van der Waals surface area contributed by atoms with Gasteiger partial charge < -0.3 is 8.83 Å². The molecule has 0 fully saturated rings. The third kappa shape index (κ3) is 4.38. The zero-order chi connectivity index (χ0) is 33.5. The van der Waals surface area contributed by atoms with Gasteiger partial charge in [0.15, 0.2) is 0 Å². The number of fused-ring (bicyclic) bond motifs is 9. The van der Waals surface area contributed by atoms with Crippen molar-refractivity contribution in [3.8, 4) is 44.6 Å². The fraction of sp³-hybridized carbons (Fsp3) is 0. The average Bonchev–Trinajstić information content (AvgIpc) is 3.89. The summed E-state index contributed by atoms with van der Waals surface area (Å²) in [5.41, 5.74) is 13.2. The summed E-state index contributed by atoms with van der Waals surface area (Å²) in [6.45, 7) is 0. The van der Waals surface area contributed by atoms with Crippen LogP contribution in [-0.2, 0) is 0 Å². The van der Waals surface area contributed by atoms with E-state index in [1.807, 2.05) is 24.3 Å². The maximum Gasteiger partial charge on any atom is 0.143 e. The fourth-order valence-corrected chi connectivity index (χ4v) is 8.76. The first-order chi connectivity index (χ1) is 25.3. The Bertz CT molecular complexity index is 3170. The quantitative estimate of drug-likeness (QED) is 0.187. The summed E-state index contributed by atoms with van der Waals surface area (Å²) in [5.74, 6) is 0. The summed E-state index contributed by atoms with van der Waals surface area (Å²) in [6.07, 6.45) is 1.69. The molecule has 0 spiro atoms. The Labute approximate surface area is 295 Å². The van der Waals surface area contributed by atoms with E-state index in [9.17, 15) is 0 Å². The van der Waals surface area contributed by atoms with Crippen LogP contribution < -0.4 is 0 Å². The average molecular weight is 671 g/mol.